The van der Waals surface area contributed by atoms with E-state index in [2.05, 4.69) is 17.4 Å². The predicted molar refractivity (Wildman–Crippen MR) is 163 cm³/mol. The maximum Gasteiger partial charge on any atom is 0.244 e. The van der Waals surface area contributed by atoms with Gasteiger partial charge in [0.05, 0.1) is 11.9 Å². The number of hydrogen-bond donors (Lipinski definition) is 1. The van der Waals surface area contributed by atoms with E-state index in [1.165, 1.54) is 61.1 Å². The summed E-state index contributed by atoms with van der Waals surface area (Å²) in [5.41, 5.74) is 2.53. The fourth-order valence-electron chi connectivity index (χ4n) is 7.88. The van der Waals surface area contributed by atoms with Gasteiger partial charge in [-0.15, -0.1) is 0 Å². The van der Waals surface area contributed by atoms with Crippen LogP contribution in [0.15, 0.2) is 48.5 Å². The van der Waals surface area contributed by atoms with Crippen LogP contribution in [0.25, 0.3) is 0 Å². The molecule has 4 aliphatic rings. The molecule has 6 rings (SSSR count). The Morgan fingerprint density at radius 1 is 0.929 bits per heavy atom. The van der Waals surface area contributed by atoms with Crippen LogP contribution in [0.2, 0.25) is 0 Å². The van der Waals surface area contributed by atoms with Gasteiger partial charge in [-0.3, -0.25) is 13.9 Å². The zero-order chi connectivity index (χ0) is 30.2. The van der Waals surface area contributed by atoms with Crippen molar-refractivity contribution >= 4 is 27.5 Å². The minimum atomic E-state index is -3.81. The lowest BCUT2D eigenvalue weighted by molar-refractivity contribution is -0.139. The van der Waals surface area contributed by atoms with Gasteiger partial charge in [-0.1, -0.05) is 38.1 Å². The Labute approximate surface area is 249 Å². The average Bonchev–Trinajstić information content (AvgIpc) is 2.92. The molecular formula is C33H44FN3O4S. The highest BCUT2D eigenvalue weighted by Crippen LogP contribution is 2.60. The first kappa shape index (κ1) is 30.5. The summed E-state index contributed by atoms with van der Waals surface area (Å²) in [6.07, 6.45) is 8.78. The van der Waals surface area contributed by atoms with Gasteiger partial charge in [-0.05, 0) is 110 Å². The monoisotopic (exact) mass is 597 g/mol. The fourth-order valence-corrected chi connectivity index (χ4v) is 8.73. The lowest BCUT2D eigenvalue weighted by Crippen LogP contribution is -2.51. The van der Waals surface area contributed by atoms with E-state index in [1.807, 2.05) is 26.0 Å². The number of anilines is 1. The molecule has 2 amide bonds. The van der Waals surface area contributed by atoms with Gasteiger partial charge in [0.2, 0.25) is 21.8 Å². The molecule has 0 radical (unpaired) electrons. The number of nitrogens with zero attached hydrogens (tertiary/aromatic N) is 2. The summed E-state index contributed by atoms with van der Waals surface area (Å²) in [4.78, 5) is 28.2. The maximum absolute atomic E-state index is 13.8. The third kappa shape index (κ3) is 6.66. The fraction of sp³-hybridized carbons (Fsp3) is 0.576. The SMILES string of the molecule is CC(C)CNC(=O)[C@H](C)N(Cc1ccc(F)cc1)C(=O)CN(c1ccc(C23CC4CC(CC(C4)C2)C3)cc1)S(C)(=O)=O. The minimum absolute atomic E-state index is 0.0396. The van der Waals surface area contributed by atoms with Crippen LogP contribution in [-0.4, -0.2) is 50.5 Å². The van der Waals surface area contributed by atoms with Crippen LogP contribution in [0.1, 0.15) is 70.4 Å². The molecule has 4 bridgehead atoms. The van der Waals surface area contributed by atoms with Gasteiger partial charge >= 0.3 is 0 Å². The molecule has 4 aliphatic carbocycles. The van der Waals surface area contributed by atoms with Gasteiger partial charge in [0.15, 0.2) is 0 Å². The van der Waals surface area contributed by atoms with Gasteiger partial charge in [-0.25, -0.2) is 12.8 Å². The van der Waals surface area contributed by atoms with Crippen molar-refractivity contribution in [3.63, 3.8) is 0 Å². The predicted octanol–water partition coefficient (Wildman–Crippen LogP) is 5.25. The zero-order valence-electron chi connectivity index (χ0n) is 25.2. The lowest BCUT2D eigenvalue weighted by Gasteiger charge is -2.57. The average molecular weight is 598 g/mol. The Bertz CT molecular complexity index is 1360. The number of carbonyl (C=O) groups excluding carboxylic acids is 2. The number of sulfonamides is 1. The summed E-state index contributed by atoms with van der Waals surface area (Å²) < 4.78 is 40.7. The molecule has 7 nitrogen and oxygen atoms in total. The number of carbonyl (C=O) groups is 2. The highest BCUT2D eigenvalue weighted by molar-refractivity contribution is 7.92. The van der Waals surface area contributed by atoms with Crippen LogP contribution < -0.4 is 9.62 Å². The lowest BCUT2D eigenvalue weighted by atomic mass is 9.48. The molecule has 0 unspecified atom stereocenters. The zero-order valence-corrected chi connectivity index (χ0v) is 26.0. The largest absolute Gasteiger partial charge is 0.354 e. The Morgan fingerprint density at radius 3 is 1.98 bits per heavy atom. The van der Waals surface area contributed by atoms with Crippen molar-refractivity contribution < 1.29 is 22.4 Å². The summed E-state index contributed by atoms with van der Waals surface area (Å²) in [6.45, 7) is 5.63. The molecule has 42 heavy (non-hydrogen) atoms. The van der Waals surface area contributed by atoms with Gasteiger partial charge in [0.1, 0.15) is 18.4 Å². The maximum atomic E-state index is 13.8. The van der Waals surface area contributed by atoms with Crippen LogP contribution in [0.3, 0.4) is 0 Å². The smallest absolute Gasteiger partial charge is 0.244 e. The van der Waals surface area contributed by atoms with Gasteiger partial charge in [0.25, 0.3) is 0 Å². The van der Waals surface area contributed by atoms with Crippen molar-refractivity contribution in [2.24, 2.45) is 23.7 Å². The van der Waals surface area contributed by atoms with E-state index in [-0.39, 0.29) is 23.8 Å². The standard InChI is InChI=1S/C33H44FN3O4S/c1-22(2)19-35-32(39)23(3)36(20-24-5-9-29(34)10-6-24)31(38)21-37(42(4,40)41)30-11-7-28(8-12-30)33-16-25-13-26(17-33)15-27(14-25)18-33/h5-12,22-23,25-27H,13-21H2,1-4H3,(H,35,39)/t23-,25?,26?,27?,33?/m0/s1. The van der Waals surface area contributed by atoms with Crippen molar-refractivity contribution in [2.75, 3.05) is 23.7 Å². The third-order valence-electron chi connectivity index (χ3n) is 9.60. The molecule has 0 heterocycles. The molecule has 0 aliphatic heterocycles. The third-order valence-corrected chi connectivity index (χ3v) is 10.7. The first-order valence-electron chi connectivity index (χ1n) is 15.2. The molecule has 1 atom stereocenters. The van der Waals surface area contributed by atoms with Crippen molar-refractivity contribution in [3.8, 4) is 0 Å². The van der Waals surface area contributed by atoms with E-state index >= 15 is 0 Å². The van der Waals surface area contributed by atoms with Crippen LogP contribution in [0.5, 0.6) is 0 Å². The number of nitrogens with one attached hydrogen (secondary N) is 1. The van der Waals surface area contributed by atoms with Crippen molar-refractivity contribution in [1.82, 2.24) is 10.2 Å². The number of hydrogen-bond acceptors (Lipinski definition) is 4. The first-order chi connectivity index (χ1) is 19.8. The van der Waals surface area contributed by atoms with Crippen LogP contribution in [-0.2, 0) is 31.6 Å². The van der Waals surface area contributed by atoms with E-state index < -0.39 is 34.3 Å². The summed E-state index contributed by atoms with van der Waals surface area (Å²) in [6, 6.07) is 12.6. The summed E-state index contributed by atoms with van der Waals surface area (Å²) in [7, 11) is -3.81. The Hall–Kier alpha value is -2.94. The summed E-state index contributed by atoms with van der Waals surface area (Å²) in [5.74, 6) is 1.38. The van der Waals surface area contributed by atoms with E-state index in [0.29, 0.717) is 17.8 Å². The molecule has 2 aromatic carbocycles. The van der Waals surface area contributed by atoms with Gasteiger partial charge in [0, 0.05) is 13.1 Å². The highest BCUT2D eigenvalue weighted by Gasteiger charge is 2.51. The van der Waals surface area contributed by atoms with Crippen LogP contribution >= 0.6 is 0 Å². The number of benzene rings is 2. The van der Waals surface area contributed by atoms with Gasteiger partial charge in [-0.2, -0.15) is 0 Å². The Morgan fingerprint density at radius 2 is 1.48 bits per heavy atom. The first-order valence-corrected chi connectivity index (χ1v) is 17.1. The normalized spacial score (nSPS) is 25.3. The second-order valence-corrected chi connectivity index (χ2v) is 15.4. The molecule has 9 heteroatoms. The van der Waals surface area contributed by atoms with Crippen LogP contribution in [0, 0.1) is 29.5 Å². The molecule has 228 valence electrons. The van der Waals surface area contributed by atoms with Gasteiger partial charge < -0.3 is 10.2 Å². The summed E-state index contributed by atoms with van der Waals surface area (Å²) >= 11 is 0. The molecule has 4 fully saturated rings. The summed E-state index contributed by atoms with van der Waals surface area (Å²) in [5, 5.41) is 2.86. The topological polar surface area (TPSA) is 86.8 Å². The quantitative estimate of drug-likeness (QED) is 0.384. The molecule has 0 saturated heterocycles. The van der Waals surface area contributed by atoms with E-state index in [9.17, 15) is 22.4 Å². The van der Waals surface area contributed by atoms with Crippen molar-refractivity contribution in [2.45, 2.75) is 77.3 Å². The minimum Gasteiger partial charge on any atom is -0.354 e. The number of rotatable bonds is 11. The molecule has 0 spiro atoms. The van der Waals surface area contributed by atoms with E-state index in [1.54, 1.807) is 19.1 Å². The molecule has 0 aromatic heterocycles. The van der Waals surface area contributed by atoms with Crippen LogP contribution in [0.4, 0.5) is 10.1 Å². The molecule has 1 N–H and O–H groups in total. The Balaban J connectivity index is 1.37. The molecule has 4 saturated carbocycles. The second-order valence-electron chi connectivity index (χ2n) is 13.5. The van der Waals surface area contributed by atoms with Crippen molar-refractivity contribution in [3.05, 3.63) is 65.5 Å². The van der Waals surface area contributed by atoms with E-state index in [0.717, 1.165) is 28.3 Å². The highest BCUT2D eigenvalue weighted by atomic mass is 32.2. The Kier molecular flexibility index (Phi) is 8.70. The second kappa shape index (κ2) is 12.0. The number of amides is 2. The number of halogens is 1. The van der Waals surface area contributed by atoms with E-state index in [4.69, 9.17) is 0 Å². The molecular weight excluding hydrogens is 553 g/mol. The molecule has 2 aromatic rings. The van der Waals surface area contributed by atoms with Crippen molar-refractivity contribution in [1.29, 1.82) is 0 Å².